The molecule has 8 nitrogen and oxygen atoms in total. The predicted octanol–water partition coefficient (Wildman–Crippen LogP) is 3.21. The Morgan fingerprint density at radius 2 is 1.84 bits per heavy atom. The van der Waals surface area contributed by atoms with Crippen molar-refractivity contribution in [1.29, 1.82) is 0 Å². The Kier molecular flexibility index (Phi) is 5.86. The first kappa shape index (κ1) is 21.8. The number of urea groups is 1. The van der Waals surface area contributed by atoms with E-state index in [1.54, 1.807) is 6.07 Å². The van der Waals surface area contributed by atoms with Gasteiger partial charge in [0.05, 0.1) is 0 Å². The number of esters is 1. The maximum absolute atomic E-state index is 12.9. The zero-order valence-electron chi connectivity index (χ0n) is 18.2. The number of anilines is 1. The van der Waals surface area contributed by atoms with Crippen LogP contribution in [0.1, 0.15) is 39.5 Å². The SMILES string of the molecule is CC1CCC2(CC1)NC(=O)N(CC(=O)O[C@@H](C)C(=O)Nc1ccc3ccccc3c1)C2=O. The lowest BCUT2D eigenvalue weighted by Crippen LogP contribution is -2.49. The van der Waals surface area contributed by atoms with Crippen molar-refractivity contribution in [2.75, 3.05) is 11.9 Å². The van der Waals surface area contributed by atoms with Gasteiger partial charge in [0.15, 0.2) is 6.10 Å². The summed E-state index contributed by atoms with van der Waals surface area (Å²) in [5, 5.41) is 7.51. The molecule has 168 valence electrons. The Morgan fingerprint density at radius 1 is 1.16 bits per heavy atom. The quantitative estimate of drug-likeness (QED) is 0.552. The highest BCUT2D eigenvalue weighted by Gasteiger charge is 2.52. The van der Waals surface area contributed by atoms with Crippen LogP contribution in [0.3, 0.4) is 0 Å². The average Bonchev–Trinajstić information content (AvgIpc) is 2.99. The van der Waals surface area contributed by atoms with Crippen molar-refractivity contribution in [3.05, 3.63) is 42.5 Å². The van der Waals surface area contributed by atoms with Gasteiger partial charge in [-0.25, -0.2) is 4.79 Å². The number of fused-ring (bicyclic) bond motifs is 1. The number of amides is 4. The van der Waals surface area contributed by atoms with E-state index in [4.69, 9.17) is 4.74 Å². The highest BCUT2D eigenvalue weighted by Crippen LogP contribution is 2.36. The number of ether oxygens (including phenoxy) is 1. The van der Waals surface area contributed by atoms with E-state index in [2.05, 4.69) is 17.6 Å². The molecule has 8 heteroatoms. The Hall–Kier alpha value is -3.42. The van der Waals surface area contributed by atoms with Gasteiger partial charge in [-0.05, 0) is 61.4 Å². The summed E-state index contributed by atoms with van der Waals surface area (Å²) in [4.78, 5) is 51.0. The van der Waals surface area contributed by atoms with E-state index in [9.17, 15) is 19.2 Å². The average molecular weight is 437 g/mol. The van der Waals surface area contributed by atoms with Crippen LogP contribution < -0.4 is 10.6 Å². The Morgan fingerprint density at radius 3 is 2.56 bits per heavy atom. The van der Waals surface area contributed by atoms with Crippen LogP contribution in [-0.2, 0) is 19.1 Å². The van der Waals surface area contributed by atoms with Gasteiger partial charge in [0, 0.05) is 5.69 Å². The van der Waals surface area contributed by atoms with Crippen molar-refractivity contribution in [1.82, 2.24) is 10.2 Å². The standard InChI is InChI=1S/C24H27N3O5/c1-15-9-11-24(12-10-15)22(30)27(23(31)26-24)14-20(28)32-16(2)21(29)25-19-8-7-17-5-3-4-6-18(17)13-19/h3-8,13,15-16H,9-12,14H2,1-2H3,(H,25,29)(H,26,31)/t15?,16-,24?/m0/s1. The van der Waals surface area contributed by atoms with E-state index >= 15 is 0 Å². The van der Waals surface area contributed by atoms with Crippen molar-refractivity contribution >= 4 is 40.3 Å². The lowest BCUT2D eigenvalue weighted by Gasteiger charge is -2.33. The van der Waals surface area contributed by atoms with E-state index in [1.165, 1.54) is 6.92 Å². The molecular formula is C24H27N3O5. The van der Waals surface area contributed by atoms with Gasteiger partial charge < -0.3 is 15.4 Å². The lowest BCUT2D eigenvalue weighted by molar-refractivity contribution is -0.155. The van der Waals surface area contributed by atoms with Crippen LogP contribution in [0, 0.1) is 5.92 Å². The van der Waals surface area contributed by atoms with Crippen LogP contribution in [0.2, 0.25) is 0 Å². The monoisotopic (exact) mass is 437 g/mol. The van der Waals surface area contributed by atoms with Crippen LogP contribution in [-0.4, -0.2) is 46.9 Å². The molecule has 0 bridgehead atoms. The smallest absolute Gasteiger partial charge is 0.327 e. The summed E-state index contributed by atoms with van der Waals surface area (Å²) in [5.74, 6) is -1.19. The van der Waals surface area contributed by atoms with Crippen molar-refractivity contribution in [2.24, 2.45) is 5.92 Å². The van der Waals surface area contributed by atoms with Gasteiger partial charge >= 0.3 is 12.0 Å². The zero-order chi connectivity index (χ0) is 22.9. The number of benzene rings is 2. The van der Waals surface area contributed by atoms with Gasteiger partial charge in [0.1, 0.15) is 12.1 Å². The topological polar surface area (TPSA) is 105 Å². The predicted molar refractivity (Wildman–Crippen MR) is 119 cm³/mol. The van der Waals surface area contributed by atoms with Gasteiger partial charge in [-0.1, -0.05) is 37.3 Å². The van der Waals surface area contributed by atoms with Gasteiger partial charge in [-0.15, -0.1) is 0 Å². The van der Waals surface area contributed by atoms with Gasteiger partial charge in [0.25, 0.3) is 11.8 Å². The van der Waals surface area contributed by atoms with E-state index in [0.29, 0.717) is 24.4 Å². The number of hydrogen-bond donors (Lipinski definition) is 2. The van der Waals surface area contributed by atoms with Gasteiger partial charge in [0.2, 0.25) is 0 Å². The van der Waals surface area contributed by atoms with Crippen molar-refractivity contribution in [3.63, 3.8) is 0 Å². The van der Waals surface area contributed by atoms with E-state index in [1.807, 2.05) is 36.4 Å². The summed E-state index contributed by atoms with van der Waals surface area (Å²) in [6.07, 6.45) is 1.73. The minimum absolute atomic E-state index is 0.389. The third-order valence-electron chi connectivity index (χ3n) is 6.36. The third kappa shape index (κ3) is 4.30. The van der Waals surface area contributed by atoms with E-state index < -0.39 is 36.1 Å². The Bertz CT molecular complexity index is 1070. The molecule has 0 unspecified atom stereocenters. The summed E-state index contributed by atoms with van der Waals surface area (Å²) in [7, 11) is 0. The molecule has 1 saturated carbocycles. The van der Waals surface area contributed by atoms with Crippen molar-refractivity contribution in [2.45, 2.75) is 51.2 Å². The molecule has 1 atom stereocenters. The lowest BCUT2D eigenvalue weighted by atomic mass is 9.77. The molecule has 1 spiro atoms. The number of imide groups is 1. The first-order chi connectivity index (χ1) is 15.3. The van der Waals surface area contributed by atoms with Crippen LogP contribution in [0.4, 0.5) is 10.5 Å². The fourth-order valence-corrected chi connectivity index (χ4v) is 4.34. The Labute approximate surface area is 186 Å². The van der Waals surface area contributed by atoms with Crippen LogP contribution in [0.25, 0.3) is 10.8 Å². The van der Waals surface area contributed by atoms with Crippen LogP contribution in [0.15, 0.2) is 42.5 Å². The van der Waals surface area contributed by atoms with Crippen molar-refractivity contribution < 1.29 is 23.9 Å². The molecule has 2 aromatic rings. The number of carbonyl (C=O) groups excluding carboxylic acids is 4. The highest BCUT2D eigenvalue weighted by molar-refractivity contribution is 6.09. The molecule has 1 saturated heterocycles. The minimum atomic E-state index is -1.08. The second-order valence-corrected chi connectivity index (χ2v) is 8.77. The normalized spacial score (nSPS) is 23.8. The number of nitrogens with zero attached hydrogens (tertiary/aromatic N) is 1. The first-order valence-electron chi connectivity index (χ1n) is 10.9. The second kappa shape index (κ2) is 8.61. The molecule has 2 N–H and O–H groups in total. The summed E-state index contributed by atoms with van der Waals surface area (Å²) in [6.45, 7) is 3.05. The molecule has 1 heterocycles. The molecule has 2 aliphatic rings. The largest absolute Gasteiger partial charge is 0.451 e. The fraction of sp³-hybridized carbons (Fsp3) is 0.417. The number of rotatable bonds is 5. The molecular weight excluding hydrogens is 410 g/mol. The second-order valence-electron chi connectivity index (χ2n) is 8.77. The summed E-state index contributed by atoms with van der Waals surface area (Å²) < 4.78 is 5.20. The molecule has 0 radical (unpaired) electrons. The van der Waals surface area contributed by atoms with E-state index in [-0.39, 0.29) is 5.91 Å². The molecule has 1 aliphatic carbocycles. The number of carbonyl (C=O) groups is 4. The van der Waals surface area contributed by atoms with Gasteiger partial charge in [-0.2, -0.15) is 0 Å². The molecule has 32 heavy (non-hydrogen) atoms. The van der Waals surface area contributed by atoms with Gasteiger partial charge in [-0.3, -0.25) is 19.3 Å². The molecule has 4 rings (SSSR count). The fourth-order valence-electron chi connectivity index (χ4n) is 4.34. The highest BCUT2D eigenvalue weighted by atomic mass is 16.5. The van der Waals surface area contributed by atoms with E-state index in [0.717, 1.165) is 28.5 Å². The number of hydrogen-bond acceptors (Lipinski definition) is 5. The first-order valence-corrected chi connectivity index (χ1v) is 10.9. The molecule has 2 fully saturated rings. The molecule has 0 aromatic heterocycles. The summed E-state index contributed by atoms with van der Waals surface area (Å²) in [6, 6.07) is 12.7. The minimum Gasteiger partial charge on any atom is -0.451 e. The molecule has 4 amide bonds. The number of nitrogens with one attached hydrogen (secondary N) is 2. The molecule has 2 aromatic carbocycles. The Balaban J connectivity index is 1.33. The van der Waals surface area contributed by atoms with Crippen LogP contribution in [0.5, 0.6) is 0 Å². The summed E-state index contributed by atoms with van der Waals surface area (Å²) in [5.41, 5.74) is -0.331. The zero-order valence-corrected chi connectivity index (χ0v) is 18.2. The molecule has 1 aliphatic heterocycles. The van der Waals surface area contributed by atoms with Crippen LogP contribution >= 0.6 is 0 Å². The van der Waals surface area contributed by atoms with Crippen molar-refractivity contribution in [3.8, 4) is 0 Å². The summed E-state index contributed by atoms with van der Waals surface area (Å²) >= 11 is 0. The third-order valence-corrected chi connectivity index (χ3v) is 6.36. The maximum atomic E-state index is 12.9. The maximum Gasteiger partial charge on any atom is 0.327 e.